The van der Waals surface area contributed by atoms with Gasteiger partial charge >= 0.3 is 0 Å². The number of nitrogens with zero attached hydrogens (tertiary/aromatic N) is 1. The minimum Gasteiger partial charge on any atom is -0.399 e. The summed E-state index contributed by atoms with van der Waals surface area (Å²) in [7, 11) is 1.82. The first-order chi connectivity index (χ1) is 8.65. The van der Waals surface area contributed by atoms with Gasteiger partial charge in [0.15, 0.2) is 0 Å². The monoisotopic (exact) mass is 238 g/mol. The van der Waals surface area contributed by atoms with Gasteiger partial charge in [-0.05, 0) is 34.9 Å². The molecule has 0 saturated heterocycles. The van der Waals surface area contributed by atoms with Gasteiger partial charge in [0.25, 0.3) is 5.91 Å². The molecule has 3 heteroatoms. The van der Waals surface area contributed by atoms with Crippen LogP contribution in [0.25, 0.3) is 11.1 Å². The van der Waals surface area contributed by atoms with E-state index in [0.29, 0.717) is 6.54 Å². The number of amides is 1. The van der Waals surface area contributed by atoms with Crippen molar-refractivity contribution in [3.8, 4) is 11.1 Å². The second-order valence-corrected chi connectivity index (χ2v) is 4.66. The first kappa shape index (κ1) is 10.8. The standard InChI is InChI=1S/C15H14N2O/c1-17-9-12-3-2-11(8-14(12)15(17)18)10-4-6-13(16)7-5-10/h2-8H,9,16H2,1H3. The lowest BCUT2D eigenvalue weighted by Gasteiger charge is -2.05. The first-order valence-corrected chi connectivity index (χ1v) is 5.89. The smallest absolute Gasteiger partial charge is 0.254 e. The number of nitrogen functional groups attached to an aromatic ring is 1. The molecule has 0 aliphatic carbocycles. The molecule has 90 valence electrons. The first-order valence-electron chi connectivity index (χ1n) is 5.89. The van der Waals surface area contributed by atoms with E-state index >= 15 is 0 Å². The maximum Gasteiger partial charge on any atom is 0.254 e. The lowest BCUT2D eigenvalue weighted by molar-refractivity contribution is 0.0816. The highest BCUT2D eigenvalue weighted by atomic mass is 16.2. The molecule has 2 N–H and O–H groups in total. The molecule has 0 radical (unpaired) electrons. The molecule has 0 saturated carbocycles. The number of hydrogen-bond acceptors (Lipinski definition) is 2. The molecule has 18 heavy (non-hydrogen) atoms. The highest BCUT2D eigenvalue weighted by Crippen LogP contribution is 2.28. The van der Waals surface area contributed by atoms with Crippen LogP contribution < -0.4 is 5.73 Å². The van der Waals surface area contributed by atoms with Gasteiger partial charge in [0, 0.05) is 24.8 Å². The van der Waals surface area contributed by atoms with E-state index in [0.717, 1.165) is 27.9 Å². The average molecular weight is 238 g/mol. The molecule has 0 spiro atoms. The number of rotatable bonds is 1. The number of carbonyl (C=O) groups excluding carboxylic acids is 1. The zero-order valence-corrected chi connectivity index (χ0v) is 10.2. The van der Waals surface area contributed by atoms with Gasteiger partial charge in [-0.1, -0.05) is 24.3 Å². The SMILES string of the molecule is CN1Cc2ccc(-c3ccc(N)cc3)cc2C1=O. The third-order valence-electron chi connectivity index (χ3n) is 3.34. The van der Waals surface area contributed by atoms with Gasteiger partial charge in [-0.3, -0.25) is 4.79 Å². The Morgan fingerprint density at radius 1 is 1.06 bits per heavy atom. The highest BCUT2D eigenvalue weighted by Gasteiger charge is 2.24. The molecular formula is C15H14N2O. The number of nitrogens with two attached hydrogens (primary N) is 1. The number of anilines is 1. The van der Waals surface area contributed by atoms with Crippen LogP contribution in [0.3, 0.4) is 0 Å². The molecular weight excluding hydrogens is 224 g/mol. The Labute approximate surface area is 106 Å². The van der Waals surface area contributed by atoms with Crippen LogP contribution in [0.5, 0.6) is 0 Å². The van der Waals surface area contributed by atoms with E-state index in [2.05, 4.69) is 6.07 Å². The van der Waals surface area contributed by atoms with Gasteiger partial charge in [0.05, 0.1) is 0 Å². The Morgan fingerprint density at radius 3 is 2.44 bits per heavy atom. The number of benzene rings is 2. The molecule has 1 aliphatic rings. The van der Waals surface area contributed by atoms with Crippen molar-refractivity contribution in [1.29, 1.82) is 0 Å². The molecule has 0 atom stereocenters. The van der Waals surface area contributed by atoms with E-state index in [9.17, 15) is 4.79 Å². The third kappa shape index (κ3) is 1.64. The second kappa shape index (κ2) is 3.88. The van der Waals surface area contributed by atoms with Crippen LogP contribution in [0.1, 0.15) is 15.9 Å². The topological polar surface area (TPSA) is 46.3 Å². The molecule has 2 aromatic rings. The molecule has 0 fully saturated rings. The molecule has 0 bridgehead atoms. The summed E-state index contributed by atoms with van der Waals surface area (Å²) in [6, 6.07) is 13.7. The number of carbonyl (C=O) groups is 1. The van der Waals surface area contributed by atoms with Crippen LogP contribution in [-0.4, -0.2) is 17.9 Å². The van der Waals surface area contributed by atoms with Crippen molar-refractivity contribution in [2.75, 3.05) is 12.8 Å². The number of fused-ring (bicyclic) bond motifs is 1. The molecule has 0 unspecified atom stereocenters. The Kier molecular flexibility index (Phi) is 2.33. The summed E-state index contributed by atoms with van der Waals surface area (Å²) >= 11 is 0. The molecule has 1 aliphatic heterocycles. The summed E-state index contributed by atoms with van der Waals surface area (Å²) in [5, 5.41) is 0. The van der Waals surface area contributed by atoms with Gasteiger partial charge in [-0.25, -0.2) is 0 Å². The molecule has 3 nitrogen and oxygen atoms in total. The second-order valence-electron chi connectivity index (χ2n) is 4.66. The van der Waals surface area contributed by atoms with Crippen LogP contribution in [0, 0.1) is 0 Å². The van der Waals surface area contributed by atoms with Crippen molar-refractivity contribution >= 4 is 11.6 Å². The molecule has 3 rings (SSSR count). The Balaban J connectivity index is 2.06. The molecule has 1 heterocycles. The van der Waals surface area contributed by atoms with Crippen molar-refractivity contribution in [1.82, 2.24) is 4.90 Å². The van der Waals surface area contributed by atoms with Crippen LogP contribution in [0.15, 0.2) is 42.5 Å². The molecule has 0 aromatic heterocycles. The van der Waals surface area contributed by atoms with Crippen LogP contribution >= 0.6 is 0 Å². The van der Waals surface area contributed by atoms with Gasteiger partial charge in [-0.2, -0.15) is 0 Å². The van der Waals surface area contributed by atoms with Crippen molar-refractivity contribution in [2.24, 2.45) is 0 Å². The van der Waals surface area contributed by atoms with Crippen molar-refractivity contribution in [2.45, 2.75) is 6.54 Å². The Hall–Kier alpha value is -2.29. The zero-order valence-electron chi connectivity index (χ0n) is 10.2. The van der Waals surface area contributed by atoms with E-state index in [-0.39, 0.29) is 5.91 Å². The quantitative estimate of drug-likeness (QED) is 0.776. The minimum absolute atomic E-state index is 0.0993. The normalized spacial score (nSPS) is 13.8. The highest BCUT2D eigenvalue weighted by molar-refractivity contribution is 5.99. The Bertz CT molecular complexity index is 617. The van der Waals surface area contributed by atoms with Gasteiger partial charge < -0.3 is 10.6 Å². The van der Waals surface area contributed by atoms with Gasteiger partial charge in [0.1, 0.15) is 0 Å². The summed E-state index contributed by atoms with van der Waals surface area (Å²) in [4.78, 5) is 13.7. The molecule has 2 aromatic carbocycles. The number of hydrogen-bond donors (Lipinski definition) is 1. The van der Waals surface area contributed by atoms with Gasteiger partial charge in [-0.15, -0.1) is 0 Å². The summed E-state index contributed by atoms with van der Waals surface area (Å²) in [6.45, 7) is 0.705. The predicted octanol–water partition coefficient (Wildman–Crippen LogP) is 2.52. The van der Waals surface area contributed by atoms with Crippen molar-refractivity contribution < 1.29 is 4.79 Å². The largest absolute Gasteiger partial charge is 0.399 e. The maximum absolute atomic E-state index is 11.9. The predicted molar refractivity (Wildman–Crippen MR) is 72.1 cm³/mol. The van der Waals surface area contributed by atoms with Crippen molar-refractivity contribution in [3.63, 3.8) is 0 Å². The fourth-order valence-corrected chi connectivity index (χ4v) is 2.30. The van der Waals surface area contributed by atoms with E-state index < -0.39 is 0 Å². The van der Waals surface area contributed by atoms with Crippen LogP contribution in [0.2, 0.25) is 0 Å². The summed E-state index contributed by atoms with van der Waals surface area (Å²) in [6.07, 6.45) is 0. The van der Waals surface area contributed by atoms with E-state index in [1.54, 1.807) is 4.90 Å². The third-order valence-corrected chi connectivity index (χ3v) is 3.34. The van der Waals surface area contributed by atoms with Crippen LogP contribution in [-0.2, 0) is 6.54 Å². The van der Waals surface area contributed by atoms with Crippen LogP contribution in [0.4, 0.5) is 5.69 Å². The van der Waals surface area contributed by atoms with E-state index in [4.69, 9.17) is 5.73 Å². The maximum atomic E-state index is 11.9. The fraction of sp³-hybridized carbons (Fsp3) is 0.133. The summed E-state index contributed by atoms with van der Waals surface area (Å²) < 4.78 is 0. The lowest BCUT2D eigenvalue weighted by atomic mass is 10.0. The Morgan fingerprint density at radius 2 is 1.72 bits per heavy atom. The minimum atomic E-state index is 0.0993. The average Bonchev–Trinajstić information content (AvgIpc) is 2.66. The summed E-state index contributed by atoms with van der Waals surface area (Å²) in [5.41, 5.74) is 10.5. The zero-order chi connectivity index (χ0) is 12.7. The lowest BCUT2D eigenvalue weighted by Crippen LogP contribution is -2.17. The van der Waals surface area contributed by atoms with Gasteiger partial charge in [0.2, 0.25) is 0 Å². The summed E-state index contributed by atoms with van der Waals surface area (Å²) in [5.74, 6) is 0.0993. The van der Waals surface area contributed by atoms with E-state index in [1.165, 1.54) is 0 Å². The van der Waals surface area contributed by atoms with E-state index in [1.807, 2.05) is 43.4 Å². The fourth-order valence-electron chi connectivity index (χ4n) is 2.30. The van der Waals surface area contributed by atoms with Crippen molar-refractivity contribution in [3.05, 3.63) is 53.6 Å². The molecule has 1 amide bonds.